The van der Waals surface area contributed by atoms with Crippen molar-refractivity contribution in [2.24, 2.45) is 5.92 Å². The molecule has 6 heteroatoms. The van der Waals surface area contributed by atoms with Gasteiger partial charge in [-0.05, 0) is 30.2 Å². The summed E-state index contributed by atoms with van der Waals surface area (Å²) in [6.07, 6.45) is 2.79. The van der Waals surface area contributed by atoms with Crippen molar-refractivity contribution in [2.75, 3.05) is 12.3 Å². The van der Waals surface area contributed by atoms with E-state index in [1.165, 1.54) is 10.5 Å². The number of hydrogen-bond donors (Lipinski definition) is 1. The minimum absolute atomic E-state index is 0.0103. The third-order valence-corrected chi connectivity index (χ3v) is 5.91. The summed E-state index contributed by atoms with van der Waals surface area (Å²) in [7, 11) is 0. The van der Waals surface area contributed by atoms with E-state index in [9.17, 15) is 9.59 Å². The van der Waals surface area contributed by atoms with Crippen LogP contribution in [0, 0.1) is 5.92 Å². The molecule has 130 valence electrons. The smallest absolute Gasteiger partial charge is 0.225 e. The van der Waals surface area contributed by atoms with Crippen LogP contribution in [-0.4, -0.2) is 29.0 Å². The Kier molecular flexibility index (Phi) is 4.53. The molecule has 25 heavy (non-hydrogen) atoms. The summed E-state index contributed by atoms with van der Waals surface area (Å²) in [6.45, 7) is 0.882. The molecule has 2 amide bonds. The molecular weight excluding hydrogens is 336 g/mol. The first-order valence-corrected chi connectivity index (χ1v) is 9.51. The predicted octanol–water partition coefficient (Wildman–Crippen LogP) is 2.98. The van der Waals surface area contributed by atoms with E-state index < -0.39 is 0 Å². The Morgan fingerprint density at radius 1 is 1.28 bits per heavy atom. The van der Waals surface area contributed by atoms with Crippen LogP contribution in [0.3, 0.4) is 0 Å². The van der Waals surface area contributed by atoms with Gasteiger partial charge in [-0.2, -0.15) is 0 Å². The average molecular weight is 356 g/mol. The number of nitrogens with zero attached hydrogens (tertiary/aromatic N) is 1. The van der Waals surface area contributed by atoms with Gasteiger partial charge in [0.15, 0.2) is 0 Å². The van der Waals surface area contributed by atoms with Gasteiger partial charge in [0.25, 0.3) is 0 Å². The second kappa shape index (κ2) is 6.96. The Morgan fingerprint density at radius 3 is 3.00 bits per heavy atom. The van der Waals surface area contributed by atoms with Gasteiger partial charge in [-0.25, -0.2) is 0 Å². The molecule has 2 aliphatic heterocycles. The first-order valence-electron chi connectivity index (χ1n) is 8.53. The van der Waals surface area contributed by atoms with Crippen LogP contribution in [0.1, 0.15) is 30.2 Å². The zero-order valence-electron chi connectivity index (χ0n) is 13.8. The fourth-order valence-electron chi connectivity index (χ4n) is 3.47. The van der Waals surface area contributed by atoms with Gasteiger partial charge in [0, 0.05) is 23.6 Å². The fraction of sp³-hybridized carbons (Fsp3) is 0.368. The van der Waals surface area contributed by atoms with Gasteiger partial charge in [0.1, 0.15) is 5.76 Å². The van der Waals surface area contributed by atoms with Crippen LogP contribution >= 0.6 is 11.8 Å². The van der Waals surface area contributed by atoms with Gasteiger partial charge in [0.05, 0.1) is 24.8 Å². The highest BCUT2D eigenvalue weighted by Gasteiger charge is 2.36. The predicted molar refractivity (Wildman–Crippen MR) is 94.9 cm³/mol. The first-order chi connectivity index (χ1) is 12.2. The van der Waals surface area contributed by atoms with E-state index in [0.717, 1.165) is 17.9 Å². The van der Waals surface area contributed by atoms with Gasteiger partial charge in [-0.15, -0.1) is 11.8 Å². The van der Waals surface area contributed by atoms with Crippen LogP contribution < -0.4 is 5.32 Å². The summed E-state index contributed by atoms with van der Waals surface area (Å²) in [5, 5.41) is 3.16. The summed E-state index contributed by atoms with van der Waals surface area (Å²) < 4.78 is 5.30. The average Bonchev–Trinajstić information content (AvgIpc) is 3.26. The molecule has 1 aromatic heterocycles. The van der Waals surface area contributed by atoms with E-state index in [1.807, 2.05) is 30.0 Å². The topological polar surface area (TPSA) is 62.6 Å². The number of likely N-dealkylation sites (tertiary alicyclic amines) is 1. The normalized spacial score (nSPS) is 22.7. The molecule has 0 bridgehead atoms. The monoisotopic (exact) mass is 356 g/mol. The molecule has 2 aliphatic rings. The molecule has 4 rings (SSSR count). The molecule has 1 fully saturated rings. The molecule has 0 radical (unpaired) electrons. The quantitative estimate of drug-likeness (QED) is 0.915. The number of hydrogen-bond acceptors (Lipinski definition) is 4. The van der Waals surface area contributed by atoms with Crippen molar-refractivity contribution in [3.05, 3.63) is 54.0 Å². The van der Waals surface area contributed by atoms with E-state index in [4.69, 9.17) is 4.42 Å². The lowest BCUT2D eigenvalue weighted by Gasteiger charge is -2.27. The number of thioether (sulfide) groups is 1. The maximum absolute atomic E-state index is 12.7. The van der Waals surface area contributed by atoms with Gasteiger partial charge in [-0.1, -0.05) is 18.2 Å². The fourth-order valence-corrected chi connectivity index (χ4v) is 4.60. The number of fused-ring (bicyclic) bond motifs is 1. The number of carbonyl (C=O) groups excluding carboxylic acids is 2. The van der Waals surface area contributed by atoms with Crippen molar-refractivity contribution >= 4 is 23.6 Å². The number of nitrogens with one attached hydrogen (secondary N) is 1. The zero-order valence-corrected chi connectivity index (χ0v) is 14.6. The lowest BCUT2D eigenvalue weighted by atomic mass is 10.0. The highest BCUT2D eigenvalue weighted by molar-refractivity contribution is 7.99. The molecule has 0 unspecified atom stereocenters. The molecule has 1 N–H and O–H groups in total. The van der Waals surface area contributed by atoms with Gasteiger partial charge in [0.2, 0.25) is 11.8 Å². The SMILES string of the molecule is O=C(N[C@H]1CCSc2ccccc21)[C@H]1CC(=O)N(Cc2ccco2)C1. The minimum Gasteiger partial charge on any atom is -0.467 e. The number of amides is 2. The number of benzene rings is 1. The standard InChI is InChI=1S/C19H20N2O3S/c22-18-10-13(11-21(18)12-14-4-3-8-24-14)19(23)20-16-7-9-25-17-6-2-1-5-15(16)17/h1-6,8,13,16H,7,9-12H2,(H,20,23)/t13-,16-/m0/s1. The third-order valence-electron chi connectivity index (χ3n) is 4.79. The van der Waals surface area contributed by atoms with Crippen LogP contribution in [0.5, 0.6) is 0 Å². The van der Waals surface area contributed by atoms with E-state index in [0.29, 0.717) is 13.1 Å². The lowest BCUT2D eigenvalue weighted by Crippen LogP contribution is -2.36. The Bertz CT molecular complexity index is 775. The molecule has 2 atom stereocenters. The van der Waals surface area contributed by atoms with Gasteiger partial charge < -0.3 is 14.6 Å². The van der Waals surface area contributed by atoms with E-state index in [1.54, 1.807) is 17.2 Å². The maximum Gasteiger partial charge on any atom is 0.225 e. The highest BCUT2D eigenvalue weighted by atomic mass is 32.2. The summed E-state index contributed by atoms with van der Waals surface area (Å²) in [5.41, 5.74) is 1.18. The van der Waals surface area contributed by atoms with Crippen LogP contribution in [0.15, 0.2) is 52.0 Å². The van der Waals surface area contributed by atoms with Crippen molar-refractivity contribution in [3.8, 4) is 0 Å². The van der Waals surface area contributed by atoms with Crippen molar-refractivity contribution in [2.45, 2.75) is 30.3 Å². The van der Waals surface area contributed by atoms with Crippen molar-refractivity contribution in [1.82, 2.24) is 10.2 Å². The van der Waals surface area contributed by atoms with Gasteiger partial charge in [-0.3, -0.25) is 9.59 Å². The Hall–Kier alpha value is -2.21. The molecule has 1 saturated heterocycles. The Labute approximate surface area is 150 Å². The number of furan rings is 1. The summed E-state index contributed by atoms with van der Waals surface area (Å²) in [4.78, 5) is 27.8. The third kappa shape index (κ3) is 3.44. The number of carbonyl (C=O) groups is 2. The maximum atomic E-state index is 12.7. The molecular formula is C19H20N2O3S. The van der Waals surface area contributed by atoms with Gasteiger partial charge >= 0.3 is 0 Å². The van der Waals surface area contributed by atoms with Crippen molar-refractivity contribution in [1.29, 1.82) is 0 Å². The Balaban J connectivity index is 1.40. The van der Waals surface area contributed by atoms with Crippen molar-refractivity contribution in [3.63, 3.8) is 0 Å². The molecule has 3 heterocycles. The molecule has 1 aromatic carbocycles. The highest BCUT2D eigenvalue weighted by Crippen LogP contribution is 2.36. The van der Waals surface area contributed by atoms with Crippen LogP contribution in [-0.2, 0) is 16.1 Å². The zero-order chi connectivity index (χ0) is 17.2. The summed E-state index contributed by atoms with van der Waals surface area (Å²) >= 11 is 1.83. The summed E-state index contributed by atoms with van der Waals surface area (Å²) in [5.74, 6) is 1.44. The number of rotatable bonds is 4. The van der Waals surface area contributed by atoms with Crippen LogP contribution in [0.2, 0.25) is 0 Å². The summed E-state index contributed by atoms with van der Waals surface area (Å²) in [6, 6.07) is 11.9. The molecule has 5 nitrogen and oxygen atoms in total. The molecule has 2 aromatic rings. The van der Waals surface area contributed by atoms with Crippen molar-refractivity contribution < 1.29 is 14.0 Å². The molecule has 0 aliphatic carbocycles. The van der Waals surface area contributed by atoms with E-state index >= 15 is 0 Å². The second-order valence-electron chi connectivity index (χ2n) is 6.49. The second-order valence-corrected chi connectivity index (χ2v) is 7.63. The largest absolute Gasteiger partial charge is 0.467 e. The first kappa shape index (κ1) is 16.3. The molecule has 0 spiro atoms. The van der Waals surface area contributed by atoms with Crippen LogP contribution in [0.25, 0.3) is 0 Å². The van der Waals surface area contributed by atoms with E-state index in [2.05, 4.69) is 17.4 Å². The Morgan fingerprint density at radius 2 is 2.16 bits per heavy atom. The molecule has 0 saturated carbocycles. The minimum atomic E-state index is -0.288. The van der Waals surface area contributed by atoms with Crippen LogP contribution in [0.4, 0.5) is 0 Å². The van der Waals surface area contributed by atoms with E-state index in [-0.39, 0.29) is 30.2 Å². The lowest BCUT2D eigenvalue weighted by molar-refractivity contribution is -0.129.